The van der Waals surface area contributed by atoms with Crippen molar-refractivity contribution in [3.8, 4) is 11.6 Å². The smallest absolute Gasteiger partial charge is 0.293 e. The van der Waals surface area contributed by atoms with E-state index in [-0.39, 0.29) is 17.6 Å². The molecule has 3 N–H and O–H groups in total. The van der Waals surface area contributed by atoms with Crippen LogP contribution in [0.15, 0.2) is 51.8 Å². The molecule has 0 saturated carbocycles. The van der Waals surface area contributed by atoms with Gasteiger partial charge < -0.3 is 10.7 Å². The minimum atomic E-state index is -0.425. The number of aryl methyl sites for hydroxylation is 2. The molecule has 28 heavy (non-hydrogen) atoms. The molecule has 4 heterocycles. The molecule has 0 amide bonds. The van der Waals surface area contributed by atoms with E-state index in [1.807, 2.05) is 6.07 Å². The second kappa shape index (κ2) is 6.83. The molecule has 4 rings (SSSR count). The van der Waals surface area contributed by atoms with Crippen molar-refractivity contribution in [2.75, 3.05) is 5.73 Å². The van der Waals surface area contributed by atoms with Crippen molar-refractivity contribution in [2.24, 2.45) is 10.2 Å². The van der Waals surface area contributed by atoms with Crippen molar-refractivity contribution in [2.45, 2.75) is 13.8 Å². The second-order valence-electron chi connectivity index (χ2n) is 5.73. The van der Waals surface area contributed by atoms with Gasteiger partial charge in [-0.3, -0.25) is 4.79 Å². The minimum absolute atomic E-state index is 0.0389. The van der Waals surface area contributed by atoms with E-state index >= 15 is 0 Å². The number of hydrogen-bond acceptors (Lipinski definition) is 9. The second-order valence-corrected chi connectivity index (χ2v) is 5.73. The quantitative estimate of drug-likeness (QED) is 0.510. The van der Waals surface area contributed by atoms with Crippen LogP contribution in [0.5, 0.6) is 0 Å². The number of hydrogen-bond donors (Lipinski definition) is 2. The third-order valence-corrected chi connectivity index (χ3v) is 3.75. The van der Waals surface area contributed by atoms with Gasteiger partial charge in [0.1, 0.15) is 5.82 Å². The van der Waals surface area contributed by atoms with Crippen molar-refractivity contribution < 1.29 is 0 Å². The summed E-state index contributed by atoms with van der Waals surface area (Å²) in [6.07, 6.45) is 4.50. The van der Waals surface area contributed by atoms with Gasteiger partial charge in [-0.2, -0.15) is 19.4 Å². The zero-order chi connectivity index (χ0) is 19.7. The van der Waals surface area contributed by atoms with Crippen molar-refractivity contribution >= 4 is 17.5 Å². The molecule has 0 aliphatic heterocycles. The summed E-state index contributed by atoms with van der Waals surface area (Å²) in [5.41, 5.74) is 6.48. The number of azo groups is 1. The van der Waals surface area contributed by atoms with Crippen molar-refractivity contribution in [3.05, 3.63) is 58.7 Å². The van der Waals surface area contributed by atoms with E-state index in [0.717, 1.165) is 0 Å². The van der Waals surface area contributed by atoms with E-state index in [2.05, 4.69) is 40.4 Å². The van der Waals surface area contributed by atoms with Gasteiger partial charge in [0.05, 0.1) is 5.69 Å². The van der Waals surface area contributed by atoms with E-state index in [1.54, 1.807) is 32.2 Å². The van der Waals surface area contributed by atoms with Crippen LogP contribution in [-0.2, 0) is 0 Å². The average molecular weight is 377 g/mol. The third kappa shape index (κ3) is 3.02. The predicted octanol–water partition coefficient (Wildman–Crippen LogP) is 1.55. The maximum atomic E-state index is 12.0. The van der Waals surface area contributed by atoms with E-state index < -0.39 is 5.56 Å². The van der Waals surface area contributed by atoms with Gasteiger partial charge in [-0.05, 0) is 26.0 Å². The number of nitrogens with zero attached hydrogens (tertiary/aromatic N) is 9. The number of nitrogen functional groups attached to an aromatic ring is 1. The number of H-pyrrole nitrogens is 1. The fraction of sp³-hybridized carbons (Fsp3) is 0.125. The standard InChI is InChI=1S/C16H15N11O/c1-9-12(13(17)27(24-9)14-15(28)20-8-7-19-14)22-23-16-21-10(2)25-26(16)11-5-3-4-6-18-11/h3-8H,17H2,1-2H3,(H,20,28). The van der Waals surface area contributed by atoms with Crippen LogP contribution in [0, 0.1) is 13.8 Å². The number of aromatic amines is 1. The minimum Gasteiger partial charge on any atom is -0.382 e. The van der Waals surface area contributed by atoms with Crippen LogP contribution in [-0.4, -0.2) is 39.5 Å². The fourth-order valence-corrected chi connectivity index (χ4v) is 2.51. The first kappa shape index (κ1) is 17.2. The van der Waals surface area contributed by atoms with E-state index in [9.17, 15) is 4.79 Å². The molecule has 0 radical (unpaired) electrons. The molecule has 0 aliphatic rings. The summed E-state index contributed by atoms with van der Waals surface area (Å²) in [5.74, 6) is 1.47. The van der Waals surface area contributed by atoms with Gasteiger partial charge in [0.2, 0.25) is 5.82 Å². The molecule has 0 aromatic carbocycles. The molecular weight excluding hydrogens is 362 g/mol. The Morgan fingerprint density at radius 2 is 1.93 bits per heavy atom. The zero-order valence-electron chi connectivity index (χ0n) is 15.0. The van der Waals surface area contributed by atoms with Crippen molar-refractivity contribution in [1.29, 1.82) is 0 Å². The van der Waals surface area contributed by atoms with Crippen LogP contribution < -0.4 is 11.3 Å². The summed E-state index contributed by atoms with van der Waals surface area (Å²) in [5, 5.41) is 16.9. The van der Waals surface area contributed by atoms with Gasteiger partial charge in [0, 0.05) is 18.6 Å². The lowest BCUT2D eigenvalue weighted by Crippen LogP contribution is -2.18. The van der Waals surface area contributed by atoms with Crippen LogP contribution in [0.2, 0.25) is 0 Å². The molecule has 4 aromatic rings. The van der Waals surface area contributed by atoms with Gasteiger partial charge in [0.15, 0.2) is 17.3 Å². The summed E-state index contributed by atoms with van der Waals surface area (Å²) in [4.78, 5) is 27.0. The lowest BCUT2D eigenvalue weighted by molar-refractivity contribution is 0.821. The van der Waals surface area contributed by atoms with Crippen LogP contribution >= 0.6 is 0 Å². The SMILES string of the molecule is Cc1nc(N=Nc2c(C)nn(-c3ncc[nH]c3=O)c2N)n(-c2ccccn2)n1. The average Bonchev–Trinajstić information content (AvgIpc) is 3.20. The summed E-state index contributed by atoms with van der Waals surface area (Å²) < 4.78 is 2.69. The summed E-state index contributed by atoms with van der Waals surface area (Å²) in [6, 6.07) is 5.40. The molecule has 0 spiro atoms. The Morgan fingerprint density at radius 1 is 1.07 bits per heavy atom. The van der Waals surface area contributed by atoms with Crippen LogP contribution in [0.4, 0.5) is 17.5 Å². The molecule has 0 fully saturated rings. The van der Waals surface area contributed by atoms with Crippen LogP contribution in [0.3, 0.4) is 0 Å². The van der Waals surface area contributed by atoms with E-state index in [4.69, 9.17) is 5.73 Å². The van der Waals surface area contributed by atoms with Gasteiger partial charge in [-0.15, -0.1) is 15.3 Å². The number of nitrogens with two attached hydrogens (primary N) is 1. The molecule has 12 heteroatoms. The summed E-state index contributed by atoms with van der Waals surface area (Å²) in [6.45, 7) is 3.44. The maximum Gasteiger partial charge on any atom is 0.293 e. The van der Waals surface area contributed by atoms with Crippen molar-refractivity contribution in [1.82, 2.24) is 39.5 Å². The van der Waals surface area contributed by atoms with Gasteiger partial charge in [-0.25, -0.2) is 9.97 Å². The highest BCUT2D eigenvalue weighted by Crippen LogP contribution is 2.29. The zero-order valence-corrected chi connectivity index (χ0v) is 15.0. The number of aromatic nitrogens is 8. The molecule has 0 bridgehead atoms. The van der Waals surface area contributed by atoms with E-state index in [1.165, 1.54) is 21.8 Å². The molecule has 0 saturated heterocycles. The first-order chi connectivity index (χ1) is 13.5. The first-order valence-electron chi connectivity index (χ1n) is 8.20. The molecule has 12 nitrogen and oxygen atoms in total. The Balaban J connectivity index is 1.75. The fourth-order valence-electron chi connectivity index (χ4n) is 2.51. The van der Waals surface area contributed by atoms with E-state index in [0.29, 0.717) is 23.0 Å². The van der Waals surface area contributed by atoms with Crippen LogP contribution in [0.1, 0.15) is 11.5 Å². The Bertz CT molecular complexity index is 1220. The summed E-state index contributed by atoms with van der Waals surface area (Å²) >= 11 is 0. The Labute approximate surface area is 157 Å². The normalized spacial score (nSPS) is 11.4. The Morgan fingerprint density at radius 3 is 2.68 bits per heavy atom. The van der Waals surface area contributed by atoms with Crippen LogP contribution in [0.25, 0.3) is 11.6 Å². The predicted molar refractivity (Wildman–Crippen MR) is 99.2 cm³/mol. The maximum absolute atomic E-state index is 12.0. The van der Waals surface area contributed by atoms with Gasteiger partial charge in [-0.1, -0.05) is 6.07 Å². The topological polar surface area (TPSA) is 158 Å². The summed E-state index contributed by atoms with van der Waals surface area (Å²) in [7, 11) is 0. The number of rotatable bonds is 4. The molecule has 4 aromatic heterocycles. The highest BCUT2D eigenvalue weighted by atomic mass is 16.1. The Hall–Kier alpha value is -4.22. The highest BCUT2D eigenvalue weighted by molar-refractivity contribution is 5.63. The number of nitrogens with one attached hydrogen (secondary N) is 1. The number of pyridine rings is 1. The molecule has 140 valence electrons. The largest absolute Gasteiger partial charge is 0.382 e. The molecular formula is C16H15N11O. The lowest BCUT2D eigenvalue weighted by atomic mass is 10.4. The Kier molecular flexibility index (Phi) is 4.20. The molecule has 0 unspecified atom stereocenters. The monoisotopic (exact) mass is 377 g/mol. The van der Waals surface area contributed by atoms with Gasteiger partial charge >= 0.3 is 0 Å². The lowest BCUT2D eigenvalue weighted by Gasteiger charge is -2.01. The first-order valence-corrected chi connectivity index (χ1v) is 8.20. The molecule has 0 aliphatic carbocycles. The highest BCUT2D eigenvalue weighted by Gasteiger charge is 2.17. The molecule has 0 atom stereocenters. The van der Waals surface area contributed by atoms with Crippen molar-refractivity contribution in [3.63, 3.8) is 0 Å². The third-order valence-electron chi connectivity index (χ3n) is 3.75. The van der Waals surface area contributed by atoms with Gasteiger partial charge in [0.25, 0.3) is 11.5 Å². The number of anilines is 1.